The van der Waals surface area contributed by atoms with E-state index in [1.807, 2.05) is 6.07 Å². The fraction of sp³-hybridized carbons (Fsp3) is 0.100. The van der Waals surface area contributed by atoms with E-state index >= 15 is 0 Å². The molecule has 0 aliphatic heterocycles. The number of thioether (sulfide) groups is 1. The van der Waals surface area contributed by atoms with Crippen LogP contribution in [-0.2, 0) is 5.75 Å². The number of hydrogen-bond donors (Lipinski definition) is 1. The quantitative estimate of drug-likeness (QED) is 0.875. The van der Waals surface area contributed by atoms with Crippen molar-refractivity contribution in [1.29, 1.82) is 0 Å². The summed E-state index contributed by atoms with van der Waals surface area (Å²) in [4.78, 5) is 11.7. The Bertz CT molecular complexity index is 545. The monoisotopic (exact) mass is 286 g/mol. The van der Waals surface area contributed by atoms with Crippen LogP contribution in [0, 0.1) is 0 Å². The molecule has 0 unspecified atom stereocenters. The molecular formula is C10H7ClN2O2S2. The van der Waals surface area contributed by atoms with Crippen molar-refractivity contribution in [3.05, 3.63) is 39.9 Å². The third-order valence-electron chi connectivity index (χ3n) is 1.97. The number of aromatic carboxylic acids is 1. The van der Waals surface area contributed by atoms with Gasteiger partial charge in [0.2, 0.25) is 0 Å². The van der Waals surface area contributed by atoms with E-state index in [9.17, 15) is 4.79 Å². The second-order valence-corrected chi connectivity index (χ2v) is 5.52. The topological polar surface area (TPSA) is 63.1 Å². The number of aromatic nitrogens is 2. The van der Waals surface area contributed by atoms with Crippen molar-refractivity contribution < 1.29 is 9.90 Å². The Hall–Kier alpha value is -1.11. The van der Waals surface area contributed by atoms with E-state index in [-0.39, 0.29) is 5.56 Å². The zero-order valence-electron chi connectivity index (χ0n) is 8.46. The Labute approximate surface area is 111 Å². The van der Waals surface area contributed by atoms with Crippen LogP contribution in [0.2, 0.25) is 4.34 Å². The number of nitrogens with zero attached hydrogens (tertiary/aromatic N) is 2. The molecule has 1 N–H and O–H groups in total. The van der Waals surface area contributed by atoms with Gasteiger partial charge in [0.25, 0.3) is 0 Å². The van der Waals surface area contributed by atoms with Gasteiger partial charge in [0.1, 0.15) is 10.0 Å². The number of benzene rings is 1. The van der Waals surface area contributed by atoms with Crippen molar-refractivity contribution >= 4 is 40.9 Å². The predicted molar refractivity (Wildman–Crippen MR) is 67.9 cm³/mol. The van der Waals surface area contributed by atoms with E-state index in [1.54, 1.807) is 18.2 Å². The van der Waals surface area contributed by atoms with Crippen LogP contribution in [0.5, 0.6) is 0 Å². The first-order chi connectivity index (χ1) is 8.16. The van der Waals surface area contributed by atoms with E-state index in [0.29, 0.717) is 10.1 Å². The summed E-state index contributed by atoms with van der Waals surface area (Å²) in [5, 5.41) is 12.7. The molecule has 4 nitrogen and oxygen atoms in total. The van der Waals surface area contributed by atoms with Crippen LogP contribution in [0.15, 0.2) is 29.2 Å². The van der Waals surface area contributed by atoms with Gasteiger partial charge >= 0.3 is 5.97 Å². The highest BCUT2D eigenvalue weighted by atomic mass is 35.5. The Morgan fingerprint density at radius 2 is 2.35 bits per heavy atom. The average Bonchev–Trinajstić information content (AvgIpc) is 2.72. The molecule has 0 bridgehead atoms. The van der Waals surface area contributed by atoms with Crippen LogP contribution >= 0.6 is 34.9 Å². The van der Waals surface area contributed by atoms with Crippen LogP contribution in [0.1, 0.15) is 16.1 Å². The zero-order valence-corrected chi connectivity index (χ0v) is 10.8. The first-order valence-corrected chi connectivity index (χ1v) is 6.73. The van der Waals surface area contributed by atoms with Gasteiger partial charge in [-0.1, -0.05) is 22.2 Å². The standard InChI is InChI=1S/C10H7ClN2O2S2/c11-9-8(12-13-17-9)5-16-7-3-1-2-6(4-7)10(14)15/h1-4H,5H2,(H,14,15). The maximum absolute atomic E-state index is 10.8. The van der Waals surface area contributed by atoms with Crippen molar-refractivity contribution in [3.63, 3.8) is 0 Å². The van der Waals surface area contributed by atoms with Crippen LogP contribution in [0.4, 0.5) is 0 Å². The Kier molecular flexibility index (Phi) is 3.98. The number of carboxylic acids is 1. The van der Waals surface area contributed by atoms with Gasteiger partial charge in [-0.2, -0.15) is 0 Å². The predicted octanol–water partition coefficient (Wildman–Crippen LogP) is 3.18. The molecule has 7 heteroatoms. The Morgan fingerprint density at radius 3 is 3.00 bits per heavy atom. The Morgan fingerprint density at radius 1 is 1.53 bits per heavy atom. The van der Waals surface area contributed by atoms with Crippen molar-refractivity contribution in [2.75, 3.05) is 0 Å². The average molecular weight is 287 g/mol. The van der Waals surface area contributed by atoms with E-state index in [2.05, 4.69) is 9.59 Å². The Balaban J connectivity index is 2.07. The summed E-state index contributed by atoms with van der Waals surface area (Å²) < 4.78 is 4.31. The van der Waals surface area contributed by atoms with Crippen molar-refractivity contribution in [2.24, 2.45) is 0 Å². The molecule has 0 spiro atoms. The molecule has 0 fully saturated rings. The van der Waals surface area contributed by atoms with Gasteiger partial charge in [-0.05, 0) is 18.2 Å². The SMILES string of the molecule is O=C(O)c1cccc(SCc2nnsc2Cl)c1. The third-order valence-corrected chi connectivity index (χ3v) is 3.96. The van der Waals surface area contributed by atoms with Gasteiger partial charge < -0.3 is 5.11 Å². The minimum absolute atomic E-state index is 0.275. The highest BCUT2D eigenvalue weighted by molar-refractivity contribution is 7.98. The number of rotatable bonds is 4. The minimum Gasteiger partial charge on any atom is -0.478 e. The summed E-state index contributed by atoms with van der Waals surface area (Å²) in [6.45, 7) is 0. The lowest BCUT2D eigenvalue weighted by molar-refractivity contribution is 0.0696. The van der Waals surface area contributed by atoms with Crippen LogP contribution < -0.4 is 0 Å². The molecule has 2 aromatic rings. The first kappa shape index (κ1) is 12.3. The van der Waals surface area contributed by atoms with Gasteiger partial charge in [0.05, 0.1) is 5.56 Å². The summed E-state index contributed by atoms with van der Waals surface area (Å²) in [6, 6.07) is 6.75. The molecule has 0 radical (unpaired) electrons. The number of halogens is 1. The van der Waals surface area contributed by atoms with Gasteiger partial charge in [0, 0.05) is 22.2 Å². The number of carbonyl (C=O) groups is 1. The van der Waals surface area contributed by atoms with Gasteiger partial charge in [0.15, 0.2) is 0 Å². The molecule has 0 saturated heterocycles. The van der Waals surface area contributed by atoms with E-state index in [0.717, 1.165) is 22.1 Å². The van der Waals surface area contributed by atoms with Gasteiger partial charge in [-0.3, -0.25) is 0 Å². The van der Waals surface area contributed by atoms with Crippen molar-refractivity contribution in [2.45, 2.75) is 10.6 Å². The molecule has 1 heterocycles. The minimum atomic E-state index is -0.930. The van der Waals surface area contributed by atoms with E-state index < -0.39 is 5.97 Å². The van der Waals surface area contributed by atoms with Crippen molar-refractivity contribution in [1.82, 2.24) is 9.59 Å². The second kappa shape index (κ2) is 5.48. The van der Waals surface area contributed by atoms with E-state index in [1.165, 1.54) is 11.8 Å². The fourth-order valence-electron chi connectivity index (χ4n) is 1.15. The van der Waals surface area contributed by atoms with Gasteiger partial charge in [-0.15, -0.1) is 16.9 Å². The zero-order chi connectivity index (χ0) is 12.3. The summed E-state index contributed by atoms with van der Waals surface area (Å²) in [6.07, 6.45) is 0. The highest BCUT2D eigenvalue weighted by Gasteiger charge is 2.07. The molecule has 0 amide bonds. The van der Waals surface area contributed by atoms with Crippen LogP contribution in [0.25, 0.3) is 0 Å². The normalized spacial score (nSPS) is 10.4. The third kappa shape index (κ3) is 3.18. The fourth-order valence-corrected chi connectivity index (χ4v) is 2.84. The lowest BCUT2D eigenvalue weighted by atomic mass is 10.2. The number of carboxylic acid groups (broad SMARTS) is 1. The molecule has 17 heavy (non-hydrogen) atoms. The van der Waals surface area contributed by atoms with E-state index in [4.69, 9.17) is 16.7 Å². The first-order valence-electron chi connectivity index (χ1n) is 4.59. The van der Waals surface area contributed by atoms with Gasteiger partial charge in [-0.25, -0.2) is 4.79 Å². The molecule has 88 valence electrons. The molecular weight excluding hydrogens is 280 g/mol. The molecule has 1 aromatic heterocycles. The molecule has 2 rings (SSSR count). The molecule has 0 aliphatic carbocycles. The van der Waals surface area contributed by atoms with Crippen LogP contribution in [0.3, 0.4) is 0 Å². The summed E-state index contributed by atoms with van der Waals surface area (Å²) >= 11 is 8.50. The lowest BCUT2D eigenvalue weighted by Gasteiger charge is -2.01. The lowest BCUT2D eigenvalue weighted by Crippen LogP contribution is -1.95. The summed E-state index contributed by atoms with van der Waals surface area (Å²) in [5.74, 6) is -0.348. The summed E-state index contributed by atoms with van der Waals surface area (Å²) in [7, 11) is 0. The van der Waals surface area contributed by atoms with Crippen molar-refractivity contribution in [3.8, 4) is 0 Å². The maximum atomic E-state index is 10.8. The second-order valence-electron chi connectivity index (χ2n) is 3.11. The maximum Gasteiger partial charge on any atom is 0.335 e. The van der Waals surface area contributed by atoms with Crippen LogP contribution in [-0.4, -0.2) is 20.7 Å². The molecule has 1 aromatic carbocycles. The summed E-state index contributed by atoms with van der Waals surface area (Å²) in [5.41, 5.74) is 1.000. The molecule has 0 aliphatic rings. The molecule has 0 atom stereocenters. The number of hydrogen-bond acceptors (Lipinski definition) is 5. The smallest absolute Gasteiger partial charge is 0.335 e. The highest BCUT2D eigenvalue weighted by Crippen LogP contribution is 2.27. The largest absolute Gasteiger partial charge is 0.478 e. The molecule has 0 saturated carbocycles.